The van der Waals surface area contributed by atoms with Crippen molar-refractivity contribution in [2.75, 3.05) is 31.1 Å². The smallest absolute Gasteiger partial charge is 0.219 e. The van der Waals surface area contributed by atoms with Gasteiger partial charge in [-0.25, -0.2) is 8.42 Å². The third-order valence-corrected chi connectivity index (χ3v) is 6.18. The van der Waals surface area contributed by atoms with Gasteiger partial charge in [0.05, 0.1) is 4.90 Å². The van der Waals surface area contributed by atoms with Crippen LogP contribution in [0.15, 0.2) is 58.3 Å². The minimum absolute atomic E-state index is 0.0395. The fraction of sp³-hybridized carbons (Fsp3) is 0.278. The van der Waals surface area contributed by atoms with Gasteiger partial charge in [0.15, 0.2) is 0 Å². The summed E-state index contributed by atoms with van der Waals surface area (Å²) >= 11 is 0. The summed E-state index contributed by atoms with van der Waals surface area (Å²) in [5, 5.41) is 10.1. The predicted octanol–water partition coefficient (Wildman–Crippen LogP) is 1.89. The Labute approximate surface area is 147 Å². The van der Waals surface area contributed by atoms with Gasteiger partial charge in [-0.15, -0.1) is 0 Å². The van der Waals surface area contributed by atoms with Crippen molar-refractivity contribution in [3.8, 4) is 5.75 Å². The predicted molar refractivity (Wildman–Crippen MR) is 94.5 cm³/mol. The van der Waals surface area contributed by atoms with Crippen molar-refractivity contribution in [1.82, 2.24) is 4.90 Å². The summed E-state index contributed by atoms with van der Waals surface area (Å²) in [7, 11) is -3.80. The average molecular weight is 360 g/mol. The van der Waals surface area contributed by atoms with Crippen LogP contribution in [0, 0.1) is 0 Å². The zero-order valence-corrected chi connectivity index (χ0v) is 14.7. The van der Waals surface area contributed by atoms with Crippen LogP contribution in [0.5, 0.6) is 5.75 Å². The van der Waals surface area contributed by atoms with Crippen molar-refractivity contribution < 1.29 is 18.3 Å². The van der Waals surface area contributed by atoms with Gasteiger partial charge in [0.1, 0.15) is 10.6 Å². The lowest BCUT2D eigenvalue weighted by atomic mass is 10.2. The Morgan fingerprint density at radius 2 is 1.64 bits per heavy atom. The normalized spacial score (nSPS) is 15.2. The molecule has 0 bridgehead atoms. The quantitative estimate of drug-likeness (QED) is 0.904. The van der Waals surface area contributed by atoms with Crippen LogP contribution in [0.4, 0.5) is 5.69 Å². The monoisotopic (exact) mass is 360 g/mol. The Balaban J connectivity index is 1.91. The molecule has 132 valence electrons. The summed E-state index contributed by atoms with van der Waals surface area (Å²) < 4.78 is 25.6. The number of anilines is 1. The topological polar surface area (TPSA) is 77.9 Å². The third-order valence-electron chi connectivity index (χ3n) is 4.38. The molecule has 1 aliphatic rings. The van der Waals surface area contributed by atoms with Crippen LogP contribution in [0.25, 0.3) is 0 Å². The van der Waals surface area contributed by atoms with E-state index in [1.807, 2.05) is 4.90 Å². The Kier molecular flexibility index (Phi) is 4.67. The number of hydrogen-bond donors (Lipinski definition) is 1. The van der Waals surface area contributed by atoms with E-state index < -0.39 is 9.84 Å². The summed E-state index contributed by atoms with van der Waals surface area (Å²) in [6, 6.07) is 12.7. The van der Waals surface area contributed by atoms with E-state index in [1.165, 1.54) is 24.3 Å². The molecule has 3 rings (SSSR count). The molecule has 1 amide bonds. The van der Waals surface area contributed by atoms with E-state index in [2.05, 4.69) is 0 Å². The van der Waals surface area contributed by atoms with Crippen LogP contribution in [-0.2, 0) is 14.6 Å². The standard InChI is InChI=1S/C18H20N2O4S/c1-14(21)19-9-11-20(12-10-19)15-7-8-17(22)18(13-15)25(23,24)16-5-3-2-4-6-16/h2-8,13,22H,9-12H2,1H3. The van der Waals surface area contributed by atoms with E-state index in [-0.39, 0.29) is 21.4 Å². The number of aromatic hydroxyl groups is 1. The Morgan fingerprint density at radius 3 is 2.24 bits per heavy atom. The molecule has 1 saturated heterocycles. The fourth-order valence-electron chi connectivity index (χ4n) is 2.92. The number of rotatable bonds is 3. The number of carbonyl (C=O) groups excluding carboxylic acids is 1. The van der Waals surface area contributed by atoms with Gasteiger partial charge in [-0.05, 0) is 30.3 Å². The van der Waals surface area contributed by atoms with Crippen LogP contribution in [0.1, 0.15) is 6.92 Å². The van der Waals surface area contributed by atoms with E-state index in [4.69, 9.17) is 0 Å². The van der Waals surface area contributed by atoms with Gasteiger partial charge in [0, 0.05) is 38.8 Å². The third kappa shape index (κ3) is 3.46. The first-order valence-electron chi connectivity index (χ1n) is 8.03. The van der Waals surface area contributed by atoms with E-state index in [0.29, 0.717) is 26.2 Å². The molecule has 0 saturated carbocycles. The first-order valence-corrected chi connectivity index (χ1v) is 9.51. The summed E-state index contributed by atoms with van der Waals surface area (Å²) in [4.78, 5) is 15.2. The lowest BCUT2D eigenvalue weighted by Gasteiger charge is -2.35. The van der Waals surface area contributed by atoms with Crippen LogP contribution >= 0.6 is 0 Å². The molecule has 6 nitrogen and oxygen atoms in total. The molecule has 0 radical (unpaired) electrons. The van der Waals surface area contributed by atoms with Gasteiger partial charge in [0.2, 0.25) is 15.7 Å². The minimum Gasteiger partial charge on any atom is -0.507 e. The highest BCUT2D eigenvalue weighted by Crippen LogP contribution is 2.32. The first-order chi connectivity index (χ1) is 11.9. The molecule has 0 atom stereocenters. The van der Waals surface area contributed by atoms with Gasteiger partial charge in [-0.2, -0.15) is 0 Å². The molecule has 0 unspecified atom stereocenters. The molecule has 7 heteroatoms. The molecule has 2 aromatic carbocycles. The van der Waals surface area contributed by atoms with Crippen molar-refractivity contribution in [1.29, 1.82) is 0 Å². The highest BCUT2D eigenvalue weighted by atomic mass is 32.2. The molecule has 1 fully saturated rings. The van der Waals surface area contributed by atoms with Crippen LogP contribution in [-0.4, -0.2) is 50.5 Å². The van der Waals surface area contributed by atoms with E-state index in [1.54, 1.807) is 36.1 Å². The van der Waals surface area contributed by atoms with Crippen LogP contribution in [0.3, 0.4) is 0 Å². The number of phenols is 1. The number of sulfone groups is 1. The Morgan fingerprint density at radius 1 is 1.00 bits per heavy atom. The van der Waals surface area contributed by atoms with E-state index in [9.17, 15) is 18.3 Å². The van der Waals surface area contributed by atoms with Crippen molar-refractivity contribution in [3.63, 3.8) is 0 Å². The molecule has 1 N–H and O–H groups in total. The lowest BCUT2D eigenvalue weighted by Crippen LogP contribution is -2.48. The number of piperazine rings is 1. The zero-order chi connectivity index (χ0) is 18.0. The summed E-state index contributed by atoms with van der Waals surface area (Å²) in [6.07, 6.45) is 0. The van der Waals surface area contributed by atoms with Gasteiger partial charge in [0.25, 0.3) is 0 Å². The largest absolute Gasteiger partial charge is 0.507 e. The van der Waals surface area contributed by atoms with E-state index >= 15 is 0 Å². The number of phenolic OH excluding ortho intramolecular Hbond substituents is 1. The van der Waals surface area contributed by atoms with Crippen molar-refractivity contribution >= 4 is 21.4 Å². The van der Waals surface area contributed by atoms with Gasteiger partial charge >= 0.3 is 0 Å². The zero-order valence-electron chi connectivity index (χ0n) is 13.9. The molecule has 1 aliphatic heterocycles. The molecule has 0 aromatic heterocycles. The second-order valence-electron chi connectivity index (χ2n) is 5.96. The minimum atomic E-state index is -3.80. The number of nitrogens with zero attached hydrogens (tertiary/aromatic N) is 2. The highest BCUT2D eigenvalue weighted by molar-refractivity contribution is 7.91. The number of benzene rings is 2. The van der Waals surface area contributed by atoms with Crippen LogP contribution in [0.2, 0.25) is 0 Å². The lowest BCUT2D eigenvalue weighted by molar-refractivity contribution is -0.129. The molecule has 1 heterocycles. The molecule has 0 spiro atoms. The van der Waals surface area contributed by atoms with Crippen molar-refractivity contribution in [2.45, 2.75) is 16.7 Å². The second-order valence-corrected chi connectivity index (χ2v) is 7.88. The van der Waals surface area contributed by atoms with Crippen molar-refractivity contribution in [3.05, 3.63) is 48.5 Å². The van der Waals surface area contributed by atoms with E-state index in [0.717, 1.165) is 5.69 Å². The molecule has 25 heavy (non-hydrogen) atoms. The Hall–Kier alpha value is -2.54. The Bertz CT molecular complexity index is 873. The highest BCUT2D eigenvalue weighted by Gasteiger charge is 2.24. The van der Waals surface area contributed by atoms with Crippen LogP contribution < -0.4 is 4.90 Å². The molecular formula is C18H20N2O4S. The maximum atomic E-state index is 12.8. The van der Waals surface area contributed by atoms with Gasteiger partial charge in [-0.3, -0.25) is 4.79 Å². The molecule has 0 aliphatic carbocycles. The summed E-state index contributed by atoms with van der Waals surface area (Å²) in [5.74, 6) is -0.229. The first kappa shape index (κ1) is 17.3. The molecule has 2 aromatic rings. The number of amides is 1. The second kappa shape index (κ2) is 6.76. The van der Waals surface area contributed by atoms with Gasteiger partial charge in [-0.1, -0.05) is 18.2 Å². The summed E-state index contributed by atoms with van der Waals surface area (Å²) in [5.41, 5.74) is 0.718. The number of carbonyl (C=O) groups is 1. The SMILES string of the molecule is CC(=O)N1CCN(c2ccc(O)c(S(=O)(=O)c3ccccc3)c2)CC1. The summed E-state index contributed by atoms with van der Waals surface area (Å²) in [6.45, 7) is 3.97. The fourth-order valence-corrected chi connectivity index (χ4v) is 4.31. The van der Waals surface area contributed by atoms with Gasteiger partial charge < -0.3 is 14.9 Å². The van der Waals surface area contributed by atoms with Crippen molar-refractivity contribution in [2.24, 2.45) is 0 Å². The maximum absolute atomic E-state index is 12.8. The maximum Gasteiger partial charge on any atom is 0.219 e. The number of hydrogen-bond acceptors (Lipinski definition) is 5. The molecular weight excluding hydrogens is 340 g/mol. The average Bonchev–Trinajstić information content (AvgIpc) is 2.63.